The van der Waals surface area contributed by atoms with Gasteiger partial charge in [-0.2, -0.15) is 0 Å². The van der Waals surface area contributed by atoms with Gasteiger partial charge in [0.25, 0.3) is 5.92 Å². The van der Waals surface area contributed by atoms with Crippen molar-refractivity contribution in [1.29, 1.82) is 0 Å². The number of hydrogen-bond acceptors (Lipinski definition) is 3. The number of amides is 1. The second-order valence-corrected chi connectivity index (χ2v) is 4.28. The predicted molar refractivity (Wildman–Crippen MR) is 60.6 cm³/mol. The summed E-state index contributed by atoms with van der Waals surface area (Å²) in [4.78, 5) is 13.5. The van der Waals surface area contributed by atoms with Crippen molar-refractivity contribution in [3.05, 3.63) is 0 Å². The van der Waals surface area contributed by atoms with Crippen LogP contribution in [0.5, 0.6) is 0 Å². The SMILES string of the molecule is Cl.O=C(C1CC(F)(F)CN1)N1CCCOCC1. The van der Waals surface area contributed by atoms with Gasteiger partial charge in [-0.1, -0.05) is 0 Å². The molecule has 0 radical (unpaired) electrons. The number of carbonyl (C=O) groups is 1. The first kappa shape index (κ1) is 14.6. The number of ether oxygens (including phenoxy) is 1. The van der Waals surface area contributed by atoms with Crippen molar-refractivity contribution in [2.24, 2.45) is 0 Å². The van der Waals surface area contributed by atoms with Crippen LogP contribution in [0.1, 0.15) is 12.8 Å². The highest BCUT2D eigenvalue weighted by Gasteiger charge is 2.43. The highest BCUT2D eigenvalue weighted by atomic mass is 35.5. The molecule has 7 heteroatoms. The molecule has 0 spiro atoms. The van der Waals surface area contributed by atoms with Crippen LogP contribution in [0, 0.1) is 0 Å². The first-order chi connectivity index (χ1) is 7.58. The molecule has 1 atom stereocenters. The second-order valence-electron chi connectivity index (χ2n) is 4.28. The lowest BCUT2D eigenvalue weighted by atomic mass is 10.1. The molecular weight excluding hydrogens is 254 g/mol. The van der Waals surface area contributed by atoms with E-state index in [-0.39, 0.29) is 24.7 Å². The summed E-state index contributed by atoms with van der Waals surface area (Å²) >= 11 is 0. The first-order valence-corrected chi connectivity index (χ1v) is 5.56. The Labute approximate surface area is 105 Å². The molecule has 1 unspecified atom stereocenters. The van der Waals surface area contributed by atoms with Crippen LogP contribution in [0.3, 0.4) is 0 Å². The number of nitrogens with one attached hydrogen (secondary N) is 1. The summed E-state index contributed by atoms with van der Waals surface area (Å²) in [7, 11) is 0. The van der Waals surface area contributed by atoms with E-state index in [1.807, 2.05) is 0 Å². The molecule has 0 aliphatic carbocycles. The van der Waals surface area contributed by atoms with E-state index in [2.05, 4.69) is 5.32 Å². The number of rotatable bonds is 1. The third kappa shape index (κ3) is 3.76. The molecule has 4 nitrogen and oxygen atoms in total. The molecule has 100 valence electrons. The highest BCUT2D eigenvalue weighted by Crippen LogP contribution is 2.26. The van der Waals surface area contributed by atoms with Crippen molar-refractivity contribution in [2.75, 3.05) is 32.8 Å². The zero-order chi connectivity index (χ0) is 11.6. The summed E-state index contributed by atoms with van der Waals surface area (Å²) in [5.74, 6) is -2.97. The molecule has 0 bridgehead atoms. The van der Waals surface area contributed by atoms with Crippen molar-refractivity contribution >= 4 is 18.3 Å². The van der Waals surface area contributed by atoms with Crippen LogP contribution >= 0.6 is 12.4 Å². The number of hydrogen-bond donors (Lipinski definition) is 1. The Morgan fingerprint density at radius 3 is 2.76 bits per heavy atom. The molecule has 2 aliphatic heterocycles. The summed E-state index contributed by atoms with van der Waals surface area (Å²) in [5.41, 5.74) is 0. The fraction of sp³-hybridized carbons (Fsp3) is 0.900. The summed E-state index contributed by atoms with van der Waals surface area (Å²) in [6, 6.07) is -0.729. The van der Waals surface area contributed by atoms with E-state index in [0.717, 1.165) is 6.42 Å². The van der Waals surface area contributed by atoms with E-state index < -0.39 is 18.5 Å². The Morgan fingerprint density at radius 1 is 1.35 bits per heavy atom. The van der Waals surface area contributed by atoms with Gasteiger partial charge in [-0.25, -0.2) is 8.78 Å². The van der Waals surface area contributed by atoms with Crippen molar-refractivity contribution in [3.63, 3.8) is 0 Å². The van der Waals surface area contributed by atoms with Gasteiger partial charge in [0.15, 0.2) is 0 Å². The van der Waals surface area contributed by atoms with E-state index in [4.69, 9.17) is 4.74 Å². The van der Waals surface area contributed by atoms with E-state index >= 15 is 0 Å². The lowest BCUT2D eigenvalue weighted by Crippen LogP contribution is -2.44. The molecule has 17 heavy (non-hydrogen) atoms. The summed E-state index contributed by atoms with van der Waals surface area (Å²) in [6.07, 6.45) is 0.387. The molecule has 2 fully saturated rings. The van der Waals surface area contributed by atoms with Crippen LogP contribution in [0.2, 0.25) is 0 Å². The van der Waals surface area contributed by atoms with Crippen molar-refractivity contribution in [2.45, 2.75) is 24.8 Å². The third-order valence-corrected chi connectivity index (χ3v) is 2.94. The maximum Gasteiger partial charge on any atom is 0.262 e. The van der Waals surface area contributed by atoms with Crippen LogP contribution < -0.4 is 5.32 Å². The average molecular weight is 271 g/mol. The Morgan fingerprint density at radius 2 is 2.12 bits per heavy atom. The third-order valence-electron chi connectivity index (χ3n) is 2.94. The van der Waals surface area contributed by atoms with Gasteiger partial charge in [-0.3, -0.25) is 10.1 Å². The first-order valence-electron chi connectivity index (χ1n) is 5.56. The molecule has 2 rings (SSSR count). The Kier molecular flexibility index (Phi) is 5.09. The number of alkyl halides is 2. The van der Waals surface area contributed by atoms with Gasteiger partial charge in [0.2, 0.25) is 5.91 Å². The monoisotopic (exact) mass is 270 g/mol. The molecule has 0 aromatic carbocycles. The van der Waals surface area contributed by atoms with E-state index in [1.165, 1.54) is 0 Å². The quantitative estimate of drug-likeness (QED) is 0.761. The topological polar surface area (TPSA) is 41.6 Å². The lowest BCUT2D eigenvalue weighted by Gasteiger charge is -2.23. The molecule has 1 N–H and O–H groups in total. The van der Waals surface area contributed by atoms with Crippen LogP contribution in [0.4, 0.5) is 8.78 Å². The molecule has 0 aromatic heterocycles. The lowest BCUT2D eigenvalue weighted by molar-refractivity contribution is -0.133. The average Bonchev–Trinajstić information content (AvgIpc) is 2.48. The van der Waals surface area contributed by atoms with E-state index in [9.17, 15) is 13.6 Å². The molecule has 1 amide bonds. The molecule has 2 heterocycles. The van der Waals surface area contributed by atoms with Gasteiger partial charge in [0, 0.05) is 26.1 Å². The van der Waals surface area contributed by atoms with Crippen LogP contribution in [0.15, 0.2) is 0 Å². The van der Waals surface area contributed by atoms with Gasteiger partial charge in [-0.05, 0) is 6.42 Å². The Hall–Kier alpha value is -0.460. The van der Waals surface area contributed by atoms with Crippen LogP contribution in [-0.4, -0.2) is 55.6 Å². The van der Waals surface area contributed by atoms with Crippen LogP contribution in [-0.2, 0) is 9.53 Å². The zero-order valence-corrected chi connectivity index (χ0v) is 10.3. The fourth-order valence-corrected chi connectivity index (χ4v) is 2.08. The van der Waals surface area contributed by atoms with Gasteiger partial charge in [0.1, 0.15) is 0 Å². The standard InChI is InChI=1S/C10H16F2N2O2.ClH/c11-10(12)6-8(13-7-10)9(15)14-2-1-4-16-5-3-14;/h8,13H,1-7H2;1H. The number of carbonyl (C=O) groups excluding carboxylic acids is 1. The smallest absolute Gasteiger partial charge is 0.262 e. The molecule has 0 saturated carbocycles. The summed E-state index contributed by atoms with van der Waals surface area (Å²) in [6.45, 7) is 1.84. The van der Waals surface area contributed by atoms with Gasteiger partial charge >= 0.3 is 0 Å². The van der Waals surface area contributed by atoms with Crippen LogP contribution in [0.25, 0.3) is 0 Å². The zero-order valence-electron chi connectivity index (χ0n) is 9.45. The van der Waals surface area contributed by atoms with E-state index in [1.54, 1.807) is 4.90 Å². The summed E-state index contributed by atoms with van der Waals surface area (Å²) in [5, 5.41) is 2.58. The minimum atomic E-state index is -2.75. The molecule has 2 aliphatic rings. The van der Waals surface area contributed by atoms with Crippen molar-refractivity contribution in [1.82, 2.24) is 10.2 Å². The summed E-state index contributed by atoms with van der Waals surface area (Å²) < 4.78 is 31.1. The van der Waals surface area contributed by atoms with Gasteiger partial charge in [0.05, 0.1) is 19.2 Å². The molecule has 0 aromatic rings. The highest BCUT2D eigenvalue weighted by molar-refractivity contribution is 5.85. The number of halogens is 3. The molecule has 2 saturated heterocycles. The van der Waals surface area contributed by atoms with E-state index in [0.29, 0.717) is 26.3 Å². The number of nitrogens with zero attached hydrogens (tertiary/aromatic N) is 1. The fourth-order valence-electron chi connectivity index (χ4n) is 2.08. The minimum Gasteiger partial charge on any atom is -0.380 e. The second kappa shape index (κ2) is 5.93. The largest absolute Gasteiger partial charge is 0.380 e. The Balaban J connectivity index is 0.00000144. The normalized spacial score (nSPS) is 28.4. The molecular formula is C10H17ClF2N2O2. The van der Waals surface area contributed by atoms with Crippen molar-refractivity contribution < 1.29 is 18.3 Å². The van der Waals surface area contributed by atoms with Crippen molar-refractivity contribution in [3.8, 4) is 0 Å². The predicted octanol–water partition coefficient (Wildman–Crippen LogP) is 0.654. The van der Waals surface area contributed by atoms with Gasteiger partial charge < -0.3 is 9.64 Å². The minimum absolute atomic E-state index is 0. The maximum absolute atomic E-state index is 12.9. The maximum atomic E-state index is 12.9. The van der Waals surface area contributed by atoms with Gasteiger partial charge in [-0.15, -0.1) is 12.4 Å². The Bertz CT molecular complexity index is 264.